The van der Waals surface area contributed by atoms with Crippen molar-refractivity contribution in [1.82, 2.24) is 0 Å². The van der Waals surface area contributed by atoms with Crippen molar-refractivity contribution in [2.45, 2.75) is 51.0 Å². The van der Waals surface area contributed by atoms with Crippen LogP contribution in [0.15, 0.2) is 0 Å². The molecule has 0 spiro atoms. The first-order valence-electron chi connectivity index (χ1n) is 4.93. The summed E-state index contributed by atoms with van der Waals surface area (Å²) in [5.41, 5.74) is -0.230. The van der Waals surface area contributed by atoms with Crippen LogP contribution in [0.1, 0.15) is 45.4 Å². The summed E-state index contributed by atoms with van der Waals surface area (Å²) in [4.78, 5) is 0. The molecule has 0 unspecified atom stereocenters. The zero-order valence-electron chi connectivity index (χ0n) is 7.34. The fourth-order valence-corrected chi connectivity index (χ4v) is 2.29. The van der Waals surface area contributed by atoms with Crippen LogP contribution in [0.4, 0.5) is 0 Å². The van der Waals surface area contributed by atoms with Crippen LogP contribution >= 0.6 is 0 Å². The van der Waals surface area contributed by atoms with Gasteiger partial charge in [-0.15, -0.1) is 0 Å². The Balaban J connectivity index is 1.93. The molecule has 2 aliphatic carbocycles. The second kappa shape index (κ2) is 2.48. The van der Waals surface area contributed by atoms with Gasteiger partial charge in [-0.1, -0.05) is 6.92 Å². The number of hydrogen-bond acceptors (Lipinski definition) is 1. The van der Waals surface area contributed by atoms with E-state index in [2.05, 4.69) is 6.92 Å². The molecule has 2 aliphatic rings. The summed E-state index contributed by atoms with van der Waals surface area (Å²) in [6.45, 7) is 2.30. The third-order valence-corrected chi connectivity index (χ3v) is 3.48. The van der Waals surface area contributed by atoms with Crippen LogP contribution in [-0.2, 0) is 0 Å². The van der Waals surface area contributed by atoms with Gasteiger partial charge in [-0.05, 0) is 50.4 Å². The second-order valence-electron chi connectivity index (χ2n) is 4.56. The van der Waals surface area contributed by atoms with E-state index < -0.39 is 0 Å². The molecule has 0 heterocycles. The number of aliphatic hydroxyl groups is 1. The highest BCUT2D eigenvalue weighted by Gasteiger charge is 2.44. The molecule has 2 saturated carbocycles. The molecule has 2 fully saturated rings. The third-order valence-electron chi connectivity index (χ3n) is 3.48. The largest absolute Gasteiger partial charge is 0.390 e. The molecule has 0 aromatic heterocycles. The van der Waals surface area contributed by atoms with Crippen molar-refractivity contribution in [3.63, 3.8) is 0 Å². The van der Waals surface area contributed by atoms with Crippen LogP contribution in [0.5, 0.6) is 0 Å². The van der Waals surface area contributed by atoms with E-state index in [1.165, 1.54) is 25.7 Å². The molecule has 0 aromatic carbocycles. The quantitative estimate of drug-likeness (QED) is 0.614. The molecule has 0 aliphatic heterocycles. The smallest absolute Gasteiger partial charge is 0.0676 e. The lowest BCUT2D eigenvalue weighted by Crippen LogP contribution is -2.35. The van der Waals surface area contributed by atoms with E-state index in [4.69, 9.17) is 0 Å². The van der Waals surface area contributed by atoms with Crippen LogP contribution in [-0.4, -0.2) is 10.7 Å². The van der Waals surface area contributed by atoms with Gasteiger partial charge >= 0.3 is 0 Å². The molecule has 0 saturated heterocycles. The molecule has 1 N–H and O–H groups in total. The fourth-order valence-electron chi connectivity index (χ4n) is 2.29. The Morgan fingerprint density at radius 2 is 1.64 bits per heavy atom. The summed E-state index contributed by atoms with van der Waals surface area (Å²) in [5, 5.41) is 10.1. The molecular weight excluding hydrogens is 136 g/mol. The second-order valence-corrected chi connectivity index (χ2v) is 4.56. The molecule has 0 amide bonds. The van der Waals surface area contributed by atoms with Gasteiger partial charge in [-0.3, -0.25) is 0 Å². The Hall–Kier alpha value is -0.0400. The molecule has 0 bridgehead atoms. The van der Waals surface area contributed by atoms with E-state index in [-0.39, 0.29) is 5.60 Å². The van der Waals surface area contributed by atoms with E-state index >= 15 is 0 Å². The molecule has 11 heavy (non-hydrogen) atoms. The zero-order chi connectivity index (χ0) is 7.90. The van der Waals surface area contributed by atoms with E-state index in [9.17, 15) is 5.11 Å². The first kappa shape index (κ1) is 7.60. The summed E-state index contributed by atoms with van der Waals surface area (Å²) < 4.78 is 0. The van der Waals surface area contributed by atoms with Crippen LogP contribution < -0.4 is 0 Å². The molecule has 64 valence electrons. The maximum absolute atomic E-state index is 10.1. The Morgan fingerprint density at radius 1 is 1.09 bits per heavy atom. The number of rotatable bonds is 1. The van der Waals surface area contributed by atoms with Crippen molar-refractivity contribution in [3.8, 4) is 0 Å². The Kier molecular flexibility index (Phi) is 1.71. The predicted molar refractivity (Wildman–Crippen MR) is 45.3 cm³/mol. The fraction of sp³-hybridized carbons (Fsp3) is 1.00. The van der Waals surface area contributed by atoms with Gasteiger partial charge < -0.3 is 5.11 Å². The number of hydrogen-bond donors (Lipinski definition) is 1. The molecule has 2 rings (SSSR count). The lowest BCUT2D eigenvalue weighted by Gasteiger charge is -2.35. The highest BCUT2D eigenvalue weighted by atomic mass is 16.3. The van der Waals surface area contributed by atoms with Crippen LogP contribution in [0.3, 0.4) is 0 Å². The first-order chi connectivity index (χ1) is 5.21. The minimum absolute atomic E-state index is 0.230. The minimum atomic E-state index is -0.230. The first-order valence-corrected chi connectivity index (χ1v) is 4.93. The summed E-state index contributed by atoms with van der Waals surface area (Å²) in [7, 11) is 0. The lowest BCUT2D eigenvalue weighted by molar-refractivity contribution is -0.0269. The highest BCUT2D eigenvalue weighted by Crippen LogP contribution is 2.47. The summed E-state index contributed by atoms with van der Waals surface area (Å²) >= 11 is 0. The average Bonchev–Trinajstić information content (AvgIpc) is 2.77. The van der Waals surface area contributed by atoms with Gasteiger partial charge in [0.05, 0.1) is 5.60 Å². The van der Waals surface area contributed by atoms with Crippen molar-refractivity contribution >= 4 is 0 Å². The van der Waals surface area contributed by atoms with Crippen LogP contribution in [0.25, 0.3) is 0 Å². The normalized spacial score (nSPS) is 45.8. The molecule has 0 aromatic rings. The monoisotopic (exact) mass is 154 g/mol. The average molecular weight is 154 g/mol. The van der Waals surface area contributed by atoms with Gasteiger partial charge in [0.15, 0.2) is 0 Å². The highest BCUT2D eigenvalue weighted by molar-refractivity contribution is 4.96. The van der Waals surface area contributed by atoms with E-state index in [1.807, 2.05) is 0 Å². The molecule has 0 atom stereocenters. The third kappa shape index (κ3) is 1.44. The molecule has 0 radical (unpaired) electrons. The molecular formula is C10H18O. The van der Waals surface area contributed by atoms with Crippen molar-refractivity contribution in [2.75, 3.05) is 0 Å². The topological polar surface area (TPSA) is 20.2 Å². The Labute approximate surface area is 68.8 Å². The SMILES string of the molecule is CC1CCC(O)(C2CC2)CC1. The maximum atomic E-state index is 10.1. The van der Waals surface area contributed by atoms with E-state index in [0.717, 1.165) is 18.8 Å². The maximum Gasteiger partial charge on any atom is 0.0676 e. The lowest BCUT2D eigenvalue weighted by atomic mass is 9.77. The van der Waals surface area contributed by atoms with Gasteiger partial charge in [-0.25, -0.2) is 0 Å². The van der Waals surface area contributed by atoms with Gasteiger partial charge in [0.25, 0.3) is 0 Å². The van der Waals surface area contributed by atoms with Gasteiger partial charge in [0.1, 0.15) is 0 Å². The van der Waals surface area contributed by atoms with Crippen molar-refractivity contribution in [1.29, 1.82) is 0 Å². The van der Waals surface area contributed by atoms with E-state index in [1.54, 1.807) is 0 Å². The zero-order valence-corrected chi connectivity index (χ0v) is 7.34. The van der Waals surface area contributed by atoms with Crippen LogP contribution in [0, 0.1) is 11.8 Å². The van der Waals surface area contributed by atoms with E-state index in [0.29, 0.717) is 5.92 Å². The van der Waals surface area contributed by atoms with Gasteiger partial charge in [0.2, 0.25) is 0 Å². The summed E-state index contributed by atoms with van der Waals surface area (Å²) in [6.07, 6.45) is 7.19. The van der Waals surface area contributed by atoms with Gasteiger partial charge in [0, 0.05) is 0 Å². The Morgan fingerprint density at radius 3 is 2.09 bits per heavy atom. The predicted octanol–water partition coefficient (Wildman–Crippen LogP) is 2.34. The van der Waals surface area contributed by atoms with Crippen molar-refractivity contribution < 1.29 is 5.11 Å². The van der Waals surface area contributed by atoms with Crippen molar-refractivity contribution in [2.24, 2.45) is 11.8 Å². The summed E-state index contributed by atoms with van der Waals surface area (Å²) in [5.74, 6) is 1.53. The standard InChI is InChI=1S/C10H18O/c1-8-4-6-10(11,7-5-8)9-2-3-9/h8-9,11H,2-7H2,1H3. The Bertz CT molecular complexity index is 141. The molecule has 1 heteroatoms. The van der Waals surface area contributed by atoms with Crippen molar-refractivity contribution in [3.05, 3.63) is 0 Å². The minimum Gasteiger partial charge on any atom is -0.390 e. The van der Waals surface area contributed by atoms with Crippen LogP contribution in [0.2, 0.25) is 0 Å². The van der Waals surface area contributed by atoms with Gasteiger partial charge in [-0.2, -0.15) is 0 Å². The molecule has 1 nitrogen and oxygen atoms in total. The summed E-state index contributed by atoms with van der Waals surface area (Å²) in [6, 6.07) is 0.